The molecule has 0 radical (unpaired) electrons. The van der Waals surface area contributed by atoms with E-state index in [1.165, 1.54) is 0 Å². The lowest BCUT2D eigenvalue weighted by molar-refractivity contribution is -0.132. The molecule has 0 aliphatic carbocycles. The Bertz CT molecular complexity index is 391. The van der Waals surface area contributed by atoms with Gasteiger partial charge < -0.3 is 15.4 Å². The minimum absolute atomic E-state index is 0.0651. The van der Waals surface area contributed by atoms with Crippen LogP contribution in [0.4, 0.5) is 0 Å². The Hall–Kier alpha value is -1.55. The van der Waals surface area contributed by atoms with E-state index in [0.717, 1.165) is 11.3 Å². The van der Waals surface area contributed by atoms with Gasteiger partial charge in [-0.25, -0.2) is 0 Å². The number of likely N-dealkylation sites (N-methyl/N-ethyl adjacent to an activating group) is 1. The van der Waals surface area contributed by atoms with Crippen LogP contribution < -0.4 is 10.5 Å². The van der Waals surface area contributed by atoms with Crippen LogP contribution in [-0.2, 0) is 4.79 Å². The fraction of sp³-hybridized carbons (Fsp3) is 0.462. The van der Waals surface area contributed by atoms with E-state index >= 15 is 0 Å². The number of benzene rings is 1. The lowest BCUT2D eigenvalue weighted by Gasteiger charge is -2.27. The van der Waals surface area contributed by atoms with Crippen molar-refractivity contribution < 1.29 is 9.53 Å². The van der Waals surface area contributed by atoms with Crippen molar-refractivity contribution in [3.05, 3.63) is 29.8 Å². The van der Waals surface area contributed by atoms with Gasteiger partial charge in [0.2, 0.25) is 5.91 Å². The van der Waals surface area contributed by atoms with Gasteiger partial charge in [0.1, 0.15) is 5.75 Å². The van der Waals surface area contributed by atoms with Crippen LogP contribution in [0.2, 0.25) is 0 Å². The predicted molar refractivity (Wildman–Crippen MR) is 67.8 cm³/mol. The van der Waals surface area contributed by atoms with E-state index in [2.05, 4.69) is 0 Å². The van der Waals surface area contributed by atoms with Crippen molar-refractivity contribution >= 4 is 5.91 Å². The molecule has 1 aromatic carbocycles. The average molecular weight is 236 g/mol. The number of amides is 1. The van der Waals surface area contributed by atoms with Crippen LogP contribution in [0.5, 0.6) is 5.75 Å². The number of hydrogen-bond acceptors (Lipinski definition) is 3. The van der Waals surface area contributed by atoms with E-state index in [4.69, 9.17) is 10.5 Å². The maximum Gasteiger partial charge on any atom is 0.239 e. The molecule has 94 valence electrons. The monoisotopic (exact) mass is 236 g/mol. The normalized spacial score (nSPS) is 13.9. The van der Waals surface area contributed by atoms with Crippen LogP contribution >= 0.6 is 0 Å². The SMILES string of the molecule is COc1ccccc1C(C)N(C)C(=O)[C@@H](C)N. The van der Waals surface area contributed by atoms with Crippen molar-refractivity contribution in [1.82, 2.24) is 4.90 Å². The first-order valence-corrected chi connectivity index (χ1v) is 5.64. The highest BCUT2D eigenvalue weighted by atomic mass is 16.5. The number of carbonyl (C=O) groups is 1. The highest BCUT2D eigenvalue weighted by Gasteiger charge is 2.22. The van der Waals surface area contributed by atoms with E-state index in [1.807, 2.05) is 31.2 Å². The molecule has 17 heavy (non-hydrogen) atoms. The van der Waals surface area contributed by atoms with Crippen molar-refractivity contribution in [3.8, 4) is 5.75 Å². The molecule has 0 aliphatic rings. The van der Waals surface area contributed by atoms with E-state index in [9.17, 15) is 4.79 Å². The largest absolute Gasteiger partial charge is 0.496 e. The fourth-order valence-electron chi connectivity index (χ4n) is 1.73. The maximum atomic E-state index is 11.8. The van der Waals surface area contributed by atoms with Gasteiger partial charge in [0.25, 0.3) is 0 Å². The first-order chi connectivity index (χ1) is 7.99. The Balaban J connectivity index is 2.96. The molecule has 2 N–H and O–H groups in total. The summed E-state index contributed by atoms with van der Waals surface area (Å²) in [5.41, 5.74) is 6.58. The van der Waals surface area contributed by atoms with Gasteiger partial charge >= 0.3 is 0 Å². The zero-order valence-electron chi connectivity index (χ0n) is 10.8. The lowest BCUT2D eigenvalue weighted by atomic mass is 10.1. The predicted octanol–water partition coefficient (Wildman–Crippen LogP) is 1.56. The first kappa shape index (κ1) is 13.5. The molecule has 1 unspecified atom stereocenters. The number of carbonyl (C=O) groups excluding carboxylic acids is 1. The molecule has 2 atom stereocenters. The quantitative estimate of drug-likeness (QED) is 0.863. The van der Waals surface area contributed by atoms with Gasteiger partial charge in [0.15, 0.2) is 0 Å². The van der Waals surface area contributed by atoms with Crippen LogP contribution in [0, 0.1) is 0 Å². The van der Waals surface area contributed by atoms with Gasteiger partial charge in [-0.2, -0.15) is 0 Å². The summed E-state index contributed by atoms with van der Waals surface area (Å²) in [5.74, 6) is 0.702. The Morgan fingerprint density at radius 3 is 2.47 bits per heavy atom. The molecule has 4 heteroatoms. The van der Waals surface area contributed by atoms with Crippen molar-refractivity contribution in [2.75, 3.05) is 14.2 Å². The second-order valence-electron chi connectivity index (χ2n) is 4.16. The van der Waals surface area contributed by atoms with Crippen molar-refractivity contribution in [2.24, 2.45) is 5.73 Å². The lowest BCUT2D eigenvalue weighted by Crippen LogP contribution is -2.41. The Morgan fingerprint density at radius 1 is 1.35 bits per heavy atom. The van der Waals surface area contributed by atoms with Gasteiger partial charge in [0.05, 0.1) is 19.2 Å². The summed E-state index contributed by atoms with van der Waals surface area (Å²) in [7, 11) is 3.38. The summed E-state index contributed by atoms with van der Waals surface area (Å²) < 4.78 is 5.29. The zero-order chi connectivity index (χ0) is 13.0. The molecule has 1 amide bonds. The van der Waals surface area contributed by atoms with Crippen molar-refractivity contribution in [1.29, 1.82) is 0 Å². The minimum Gasteiger partial charge on any atom is -0.496 e. The molecular weight excluding hydrogens is 216 g/mol. The summed E-state index contributed by atoms with van der Waals surface area (Å²) in [5, 5.41) is 0. The van der Waals surface area contributed by atoms with E-state index < -0.39 is 6.04 Å². The van der Waals surface area contributed by atoms with E-state index in [1.54, 1.807) is 26.0 Å². The third-order valence-corrected chi connectivity index (χ3v) is 2.91. The number of ether oxygens (including phenoxy) is 1. The molecule has 4 nitrogen and oxygen atoms in total. The topological polar surface area (TPSA) is 55.6 Å². The standard InChI is InChI=1S/C13H20N2O2/c1-9(14)13(16)15(3)10(2)11-7-5-6-8-12(11)17-4/h5-10H,14H2,1-4H3/t9-,10?/m1/s1. The molecule has 1 aromatic rings. The second-order valence-corrected chi connectivity index (χ2v) is 4.16. The molecule has 0 spiro atoms. The van der Waals surface area contributed by atoms with Gasteiger partial charge in [-0.05, 0) is 19.9 Å². The highest BCUT2D eigenvalue weighted by molar-refractivity contribution is 5.81. The van der Waals surface area contributed by atoms with Crippen LogP contribution in [-0.4, -0.2) is 31.0 Å². The number of nitrogens with two attached hydrogens (primary N) is 1. The number of rotatable bonds is 4. The average Bonchev–Trinajstić information content (AvgIpc) is 2.35. The molecule has 0 saturated carbocycles. The third kappa shape index (κ3) is 2.97. The summed E-state index contributed by atoms with van der Waals surface area (Å²) in [4.78, 5) is 13.5. The van der Waals surface area contributed by atoms with Crippen LogP contribution in [0.25, 0.3) is 0 Å². The number of hydrogen-bond donors (Lipinski definition) is 1. The fourth-order valence-corrected chi connectivity index (χ4v) is 1.73. The second kappa shape index (κ2) is 5.68. The Morgan fingerprint density at radius 2 is 1.94 bits per heavy atom. The maximum absolute atomic E-state index is 11.8. The molecular formula is C13H20N2O2. The minimum atomic E-state index is -0.489. The van der Waals surface area contributed by atoms with Gasteiger partial charge in [0, 0.05) is 12.6 Å². The van der Waals surface area contributed by atoms with Gasteiger partial charge in [-0.3, -0.25) is 4.79 Å². The number of methoxy groups -OCH3 is 1. The van der Waals surface area contributed by atoms with Crippen LogP contribution in [0.1, 0.15) is 25.5 Å². The van der Waals surface area contributed by atoms with Crippen molar-refractivity contribution in [3.63, 3.8) is 0 Å². The summed E-state index contributed by atoms with van der Waals surface area (Å²) in [6, 6.07) is 7.12. The molecule has 1 rings (SSSR count). The number of nitrogens with zero attached hydrogens (tertiary/aromatic N) is 1. The van der Waals surface area contributed by atoms with E-state index in [0.29, 0.717) is 0 Å². The Kier molecular flexibility index (Phi) is 4.52. The van der Waals surface area contributed by atoms with Gasteiger partial charge in [-0.1, -0.05) is 18.2 Å². The molecule has 0 aromatic heterocycles. The molecule has 0 saturated heterocycles. The molecule has 0 heterocycles. The van der Waals surface area contributed by atoms with Crippen LogP contribution in [0.3, 0.4) is 0 Å². The van der Waals surface area contributed by atoms with E-state index in [-0.39, 0.29) is 11.9 Å². The first-order valence-electron chi connectivity index (χ1n) is 5.64. The summed E-state index contributed by atoms with van der Waals surface area (Å²) in [6.07, 6.45) is 0. The molecule has 0 aliphatic heterocycles. The molecule has 0 bridgehead atoms. The smallest absolute Gasteiger partial charge is 0.239 e. The molecule has 0 fully saturated rings. The van der Waals surface area contributed by atoms with Gasteiger partial charge in [-0.15, -0.1) is 0 Å². The summed E-state index contributed by atoms with van der Waals surface area (Å²) in [6.45, 7) is 3.64. The van der Waals surface area contributed by atoms with Crippen molar-refractivity contribution in [2.45, 2.75) is 25.9 Å². The zero-order valence-corrected chi connectivity index (χ0v) is 10.8. The highest BCUT2D eigenvalue weighted by Crippen LogP contribution is 2.28. The Labute approximate surface area is 102 Å². The van der Waals surface area contributed by atoms with Crippen LogP contribution in [0.15, 0.2) is 24.3 Å². The summed E-state index contributed by atoms with van der Waals surface area (Å²) >= 11 is 0. The number of para-hydroxylation sites is 1. The third-order valence-electron chi connectivity index (χ3n) is 2.91.